The maximum absolute atomic E-state index is 14.2. The van der Waals surface area contributed by atoms with Crippen molar-refractivity contribution in [3.63, 3.8) is 0 Å². The van der Waals surface area contributed by atoms with Crippen LogP contribution in [0.2, 0.25) is 0 Å². The van der Waals surface area contributed by atoms with Gasteiger partial charge in [0.1, 0.15) is 18.0 Å². The van der Waals surface area contributed by atoms with Crippen molar-refractivity contribution >= 4 is 11.6 Å². The van der Waals surface area contributed by atoms with Gasteiger partial charge in [-0.15, -0.1) is 0 Å². The number of halogens is 1. The molecule has 0 aliphatic carbocycles. The fourth-order valence-corrected chi connectivity index (χ4v) is 3.23. The van der Waals surface area contributed by atoms with Gasteiger partial charge in [-0.05, 0) is 38.0 Å². The summed E-state index contributed by atoms with van der Waals surface area (Å²) in [4.78, 5) is 14.4. The van der Waals surface area contributed by atoms with Gasteiger partial charge in [0, 0.05) is 18.7 Å². The number of aromatic nitrogens is 2. The third-order valence-corrected chi connectivity index (χ3v) is 4.65. The minimum Gasteiger partial charge on any atom is -0.489 e. The smallest absolute Gasteiger partial charge is 0.230 e. The molecule has 1 aromatic carbocycles. The third kappa shape index (κ3) is 2.77. The fourth-order valence-electron chi connectivity index (χ4n) is 3.23. The Morgan fingerprint density at radius 3 is 2.83 bits per heavy atom. The standard InChI is InChI=1S/C18H22FN3O2/c1-11(10-14-12(2)20-21(4)13(14)3)18(23)22-8-9-24-16-7-5-6-15(19)17(16)22/h5-7,11H,8-10H2,1-4H3/t11-/m0/s1. The quantitative estimate of drug-likeness (QED) is 0.869. The van der Waals surface area contributed by atoms with Crippen LogP contribution in [0.4, 0.5) is 10.1 Å². The Morgan fingerprint density at radius 1 is 1.42 bits per heavy atom. The van der Waals surface area contributed by atoms with Gasteiger partial charge in [-0.25, -0.2) is 4.39 Å². The third-order valence-electron chi connectivity index (χ3n) is 4.65. The van der Waals surface area contributed by atoms with Crippen LogP contribution in [0, 0.1) is 25.6 Å². The number of para-hydroxylation sites is 1. The molecular formula is C18H22FN3O2. The largest absolute Gasteiger partial charge is 0.489 e. The summed E-state index contributed by atoms with van der Waals surface area (Å²) in [6.45, 7) is 6.56. The molecule has 5 nitrogen and oxygen atoms in total. The lowest BCUT2D eigenvalue weighted by Gasteiger charge is -2.31. The Hall–Kier alpha value is -2.37. The molecule has 0 saturated carbocycles. The number of carbonyl (C=O) groups is 1. The first-order valence-corrected chi connectivity index (χ1v) is 8.12. The second-order valence-electron chi connectivity index (χ2n) is 6.30. The number of amides is 1. The van der Waals surface area contributed by atoms with E-state index in [1.54, 1.807) is 12.1 Å². The van der Waals surface area contributed by atoms with Crippen molar-refractivity contribution in [2.75, 3.05) is 18.1 Å². The second kappa shape index (κ2) is 6.26. The summed E-state index contributed by atoms with van der Waals surface area (Å²) in [5, 5.41) is 4.40. The summed E-state index contributed by atoms with van der Waals surface area (Å²) in [5.41, 5.74) is 3.32. The maximum atomic E-state index is 14.2. The second-order valence-corrected chi connectivity index (χ2v) is 6.30. The number of hydrogen-bond acceptors (Lipinski definition) is 3. The average molecular weight is 331 g/mol. The SMILES string of the molecule is Cc1nn(C)c(C)c1C[C@H](C)C(=O)N1CCOc2cccc(F)c21. The molecule has 1 aromatic heterocycles. The molecule has 2 heterocycles. The Kier molecular flexibility index (Phi) is 4.30. The van der Waals surface area contributed by atoms with Gasteiger partial charge in [-0.2, -0.15) is 5.10 Å². The van der Waals surface area contributed by atoms with Crippen molar-refractivity contribution in [1.82, 2.24) is 9.78 Å². The molecule has 1 amide bonds. The minimum absolute atomic E-state index is 0.0905. The molecule has 1 atom stereocenters. The lowest BCUT2D eigenvalue weighted by Crippen LogP contribution is -2.42. The summed E-state index contributed by atoms with van der Waals surface area (Å²) < 4.78 is 21.5. The zero-order chi connectivity index (χ0) is 17.4. The topological polar surface area (TPSA) is 47.4 Å². The number of ether oxygens (including phenoxy) is 1. The van der Waals surface area contributed by atoms with Crippen LogP contribution in [-0.2, 0) is 18.3 Å². The van der Waals surface area contributed by atoms with Gasteiger partial charge in [-0.3, -0.25) is 9.48 Å². The van der Waals surface area contributed by atoms with E-state index >= 15 is 0 Å². The number of hydrogen-bond donors (Lipinski definition) is 0. The van der Waals surface area contributed by atoms with E-state index in [1.807, 2.05) is 32.5 Å². The molecule has 0 unspecified atom stereocenters. The molecule has 0 N–H and O–H groups in total. The number of anilines is 1. The first kappa shape index (κ1) is 16.5. The van der Waals surface area contributed by atoms with Gasteiger partial charge in [0.05, 0.1) is 12.2 Å². The molecule has 2 aromatic rings. The maximum Gasteiger partial charge on any atom is 0.230 e. The number of benzene rings is 1. The van der Waals surface area contributed by atoms with E-state index in [1.165, 1.54) is 11.0 Å². The molecule has 128 valence electrons. The highest BCUT2D eigenvalue weighted by Crippen LogP contribution is 2.35. The monoisotopic (exact) mass is 331 g/mol. The Labute approximate surface area is 141 Å². The molecule has 0 spiro atoms. The van der Waals surface area contributed by atoms with Crippen LogP contribution in [0.25, 0.3) is 0 Å². The van der Waals surface area contributed by atoms with E-state index in [4.69, 9.17) is 4.74 Å². The fraction of sp³-hybridized carbons (Fsp3) is 0.444. The lowest BCUT2D eigenvalue weighted by atomic mass is 9.97. The normalized spacial score (nSPS) is 15.0. The van der Waals surface area contributed by atoms with E-state index in [9.17, 15) is 9.18 Å². The van der Waals surface area contributed by atoms with Gasteiger partial charge in [0.25, 0.3) is 0 Å². The molecule has 0 saturated heterocycles. The Bertz CT molecular complexity index is 785. The van der Waals surface area contributed by atoms with Crippen LogP contribution < -0.4 is 9.64 Å². The lowest BCUT2D eigenvalue weighted by molar-refractivity contribution is -0.122. The highest BCUT2D eigenvalue weighted by atomic mass is 19.1. The van der Waals surface area contributed by atoms with Crippen LogP contribution in [-0.4, -0.2) is 28.8 Å². The molecular weight excluding hydrogens is 309 g/mol. The average Bonchev–Trinajstić information content (AvgIpc) is 2.80. The summed E-state index contributed by atoms with van der Waals surface area (Å²) >= 11 is 0. The zero-order valence-corrected chi connectivity index (χ0v) is 14.5. The van der Waals surface area contributed by atoms with Crippen LogP contribution >= 0.6 is 0 Å². The summed E-state index contributed by atoms with van der Waals surface area (Å²) in [5.74, 6) is -0.360. The van der Waals surface area contributed by atoms with Crippen molar-refractivity contribution in [2.45, 2.75) is 27.2 Å². The highest BCUT2D eigenvalue weighted by Gasteiger charge is 2.30. The van der Waals surface area contributed by atoms with Crippen molar-refractivity contribution in [3.05, 3.63) is 41.0 Å². The summed E-state index contributed by atoms with van der Waals surface area (Å²) in [7, 11) is 1.89. The molecule has 0 fully saturated rings. The number of rotatable bonds is 3. The minimum atomic E-state index is -0.429. The predicted molar refractivity (Wildman–Crippen MR) is 89.8 cm³/mol. The highest BCUT2D eigenvalue weighted by molar-refractivity contribution is 5.97. The van der Waals surface area contributed by atoms with Crippen LogP contribution in [0.5, 0.6) is 5.75 Å². The van der Waals surface area contributed by atoms with E-state index < -0.39 is 5.82 Å². The Balaban J connectivity index is 1.85. The van der Waals surface area contributed by atoms with Crippen LogP contribution in [0.1, 0.15) is 23.9 Å². The number of aryl methyl sites for hydroxylation is 2. The van der Waals surface area contributed by atoms with E-state index in [0.29, 0.717) is 25.3 Å². The van der Waals surface area contributed by atoms with Gasteiger partial charge in [-0.1, -0.05) is 13.0 Å². The Morgan fingerprint density at radius 2 is 2.17 bits per heavy atom. The van der Waals surface area contributed by atoms with Crippen LogP contribution in [0.15, 0.2) is 18.2 Å². The molecule has 6 heteroatoms. The molecule has 1 aliphatic rings. The van der Waals surface area contributed by atoms with Crippen molar-refractivity contribution in [1.29, 1.82) is 0 Å². The number of carbonyl (C=O) groups excluding carboxylic acids is 1. The first-order valence-electron chi connectivity index (χ1n) is 8.12. The van der Waals surface area contributed by atoms with Gasteiger partial charge >= 0.3 is 0 Å². The van der Waals surface area contributed by atoms with Crippen molar-refractivity contribution < 1.29 is 13.9 Å². The van der Waals surface area contributed by atoms with Crippen molar-refractivity contribution in [3.8, 4) is 5.75 Å². The van der Waals surface area contributed by atoms with Crippen LogP contribution in [0.3, 0.4) is 0 Å². The number of nitrogens with zero attached hydrogens (tertiary/aromatic N) is 3. The van der Waals surface area contributed by atoms with Gasteiger partial charge < -0.3 is 9.64 Å². The molecule has 0 radical (unpaired) electrons. The molecule has 1 aliphatic heterocycles. The molecule has 0 bridgehead atoms. The van der Waals surface area contributed by atoms with E-state index in [0.717, 1.165) is 17.0 Å². The van der Waals surface area contributed by atoms with Crippen molar-refractivity contribution in [2.24, 2.45) is 13.0 Å². The summed E-state index contributed by atoms with van der Waals surface area (Å²) in [6, 6.07) is 4.64. The predicted octanol–water partition coefficient (Wildman–Crippen LogP) is 2.78. The number of fused-ring (bicyclic) bond motifs is 1. The van der Waals surface area contributed by atoms with E-state index in [-0.39, 0.29) is 17.5 Å². The molecule has 3 rings (SSSR count). The molecule has 24 heavy (non-hydrogen) atoms. The first-order chi connectivity index (χ1) is 11.4. The zero-order valence-electron chi connectivity index (χ0n) is 14.5. The van der Waals surface area contributed by atoms with E-state index in [2.05, 4.69) is 5.10 Å². The summed E-state index contributed by atoms with van der Waals surface area (Å²) in [6.07, 6.45) is 0.589. The van der Waals surface area contributed by atoms with Gasteiger partial charge in [0.15, 0.2) is 5.82 Å². The van der Waals surface area contributed by atoms with Gasteiger partial charge in [0.2, 0.25) is 5.91 Å².